The minimum atomic E-state index is -0.549. The first-order valence-electron chi connectivity index (χ1n) is 8.26. The second kappa shape index (κ2) is 8.15. The summed E-state index contributed by atoms with van der Waals surface area (Å²) < 4.78 is 19.6. The van der Waals surface area contributed by atoms with Gasteiger partial charge in [0.15, 0.2) is 0 Å². The van der Waals surface area contributed by atoms with Crippen molar-refractivity contribution in [3.8, 4) is 5.75 Å². The van der Waals surface area contributed by atoms with E-state index < -0.39 is 17.0 Å². The Balaban J connectivity index is 1.69. The molecule has 7 heteroatoms. The van der Waals surface area contributed by atoms with E-state index >= 15 is 0 Å². The van der Waals surface area contributed by atoms with Crippen LogP contribution in [0.2, 0.25) is 5.02 Å². The Morgan fingerprint density at radius 1 is 1.22 bits per heavy atom. The van der Waals surface area contributed by atoms with Crippen LogP contribution in [-0.2, 0) is 4.79 Å². The fourth-order valence-corrected chi connectivity index (χ4v) is 3.65. The molecule has 0 spiro atoms. The minimum absolute atomic E-state index is 0.0938. The molecule has 2 aromatic carbocycles. The van der Waals surface area contributed by atoms with Gasteiger partial charge in [-0.25, -0.2) is 4.39 Å². The number of benzene rings is 2. The molecule has 1 aliphatic rings. The Morgan fingerprint density at radius 3 is 2.74 bits per heavy atom. The van der Waals surface area contributed by atoms with Crippen LogP contribution in [0.3, 0.4) is 0 Å². The highest BCUT2D eigenvalue weighted by Gasteiger charge is 2.35. The number of hydrogen-bond acceptors (Lipinski definition) is 4. The van der Waals surface area contributed by atoms with E-state index in [1.807, 2.05) is 32.0 Å². The van der Waals surface area contributed by atoms with Crippen molar-refractivity contribution < 1.29 is 18.7 Å². The summed E-state index contributed by atoms with van der Waals surface area (Å²) in [4.78, 5) is 25.9. The molecule has 1 heterocycles. The second-order valence-corrected chi connectivity index (χ2v) is 7.49. The Morgan fingerprint density at radius 2 is 2.00 bits per heavy atom. The van der Waals surface area contributed by atoms with Crippen molar-refractivity contribution in [2.75, 3.05) is 13.2 Å². The number of nitrogens with zero attached hydrogens (tertiary/aromatic N) is 1. The third kappa shape index (κ3) is 4.34. The summed E-state index contributed by atoms with van der Waals surface area (Å²) >= 11 is 6.75. The van der Waals surface area contributed by atoms with Gasteiger partial charge in [-0.05, 0) is 61.0 Å². The molecule has 27 heavy (non-hydrogen) atoms. The average Bonchev–Trinajstić information content (AvgIpc) is 2.88. The van der Waals surface area contributed by atoms with Crippen LogP contribution in [0.4, 0.5) is 9.18 Å². The van der Waals surface area contributed by atoms with Crippen LogP contribution in [0.5, 0.6) is 5.75 Å². The van der Waals surface area contributed by atoms with Crippen molar-refractivity contribution >= 4 is 40.6 Å². The molecule has 4 nitrogen and oxygen atoms in total. The lowest BCUT2D eigenvalue weighted by Crippen LogP contribution is -2.32. The molecule has 0 atom stereocenters. The summed E-state index contributed by atoms with van der Waals surface area (Å²) in [6.07, 6.45) is 1.31. The maximum Gasteiger partial charge on any atom is 0.293 e. The SMILES string of the molecule is Cc1ccc(C)c(OCCN2C(=O)S/C(=C\c3c(F)cccc3Cl)C2=O)c1. The maximum atomic E-state index is 13.9. The Labute approximate surface area is 166 Å². The van der Waals surface area contributed by atoms with Gasteiger partial charge >= 0.3 is 0 Å². The molecule has 1 saturated heterocycles. The van der Waals surface area contributed by atoms with Crippen molar-refractivity contribution in [3.63, 3.8) is 0 Å². The number of halogens is 2. The first-order valence-corrected chi connectivity index (χ1v) is 9.45. The molecule has 140 valence electrons. The van der Waals surface area contributed by atoms with E-state index in [4.69, 9.17) is 16.3 Å². The summed E-state index contributed by atoms with van der Waals surface area (Å²) in [6, 6.07) is 10.1. The predicted octanol–water partition coefficient (Wildman–Crippen LogP) is 5.21. The summed E-state index contributed by atoms with van der Waals surface area (Å²) in [7, 11) is 0. The van der Waals surface area contributed by atoms with Crippen molar-refractivity contribution in [2.45, 2.75) is 13.8 Å². The molecule has 0 saturated carbocycles. The molecule has 2 amide bonds. The molecule has 0 aromatic heterocycles. The largest absolute Gasteiger partial charge is 0.491 e. The first-order chi connectivity index (χ1) is 12.9. The Hall–Kier alpha value is -2.31. The van der Waals surface area contributed by atoms with Crippen LogP contribution in [0.25, 0.3) is 6.08 Å². The van der Waals surface area contributed by atoms with Gasteiger partial charge in [0.25, 0.3) is 11.1 Å². The molecule has 0 radical (unpaired) electrons. The smallest absolute Gasteiger partial charge is 0.293 e. The maximum absolute atomic E-state index is 13.9. The fraction of sp³-hybridized carbons (Fsp3) is 0.200. The van der Waals surface area contributed by atoms with Gasteiger partial charge in [0.05, 0.1) is 16.5 Å². The summed E-state index contributed by atoms with van der Waals surface area (Å²) in [5.74, 6) is -0.308. The van der Waals surface area contributed by atoms with Gasteiger partial charge in [-0.15, -0.1) is 0 Å². The monoisotopic (exact) mass is 405 g/mol. The fourth-order valence-electron chi connectivity index (χ4n) is 2.58. The normalized spacial score (nSPS) is 15.7. The Bertz CT molecular complexity index is 925. The summed E-state index contributed by atoms with van der Waals surface area (Å²) in [6.45, 7) is 4.17. The lowest BCUT2D eigenvalue weighted by Gasteiger charge is -2.14. The molecule has 0 bridgehead atoms. The standard InChI is InChI=1S/C20H17ClFNO3S/c1-12-6-7-13(2)17(10-12)26-9-8-23-19(24)18(27-20(23)25)11-14-15(21)4-3-5-16(14)22/h3-7,10-11H,8-9H2,1-2H3/b18-11-. The third-order valence-electron chi connectivity index (χ3n) is 4.06. The number of imide groups is 1. The molecular weight excluding hydrogens is 389 g/mol. The number of carbonyl (C=O) groups is 2. The van der Waals surface area contributed by atoms with E-state index in [2.05, 4.69) is 0 Å². The number of aryl methyl sites for hydroxylation is 2. The highest BCUT2D eigenvalue weighted by Crippen LogP contribution is 2.34. The van der Waals surface area contributed by atoms with E-state index in [1.165, 1.54) is 24.3 Å². The molecule has 0 aliphatic carbocycles. The number of carbonyl (C=O) groups excluding carboxylic acids is 2. The Kier molecular flexibility index (Phi) is 5.87. The molecule has 1 aliphatic heterocycles. The minimum Gasteiger partial charge on any atom is -0.491 e. The predicted molar refractivity (Wildman–Crippen MR) is 105 cm³/mol. The van der Waals surface area contributed by atoms with Gasteiger partial charge in [0.2, 0.25) is 0 Å². The van der Waals surface area contributed by atoms with Crippen molar-refractivity contribution in [1.29, 1.82) is 0 Å². The van der Waals surface area contributed by atoms with Gasteiger partial charge in [-0.2, -0.15) is 0 Å². The quantitative estimate of drug-likeness (QED) is 0.640. The van der Waals surface area contributed by atoms with Gasteiger partial charge in [-0.3, -0.25) is 14.5 Å². The topological polar surface area (TPSA) is 46.6 Å². The van der Waals surface area contributed by atoms with Crippen molar-refractivity contribution in [3.05, 3.63) is 68.8 Å². The molecule has 0 unspecified atom stereocenters. The van der Waals surface area contributed by atoms with Gasteiger partial charge in [-0.1, -0.05) is 29.8 Å². The van der Waals surface area contributed by atoms with Crippen molar-refractivity contribution in [2.24, 2.45) is 0 Å². The van der Waals surface area contributed by atoms with Crippen LogP contribution in [-0.4, -0.2) is 29.2 Å². The average molecular weight is 406 g/mol. The molecule has 0 N–H and O–H groups in total. The van der Waals surface area contributed by atoms with Crippen LogP contribution < -0.4 is 4.74 Å². The summed E-state index contributed by atoms with van der Waals surface area (Å²) in [5, 5.41) is -0.233. The third-order valence-corrected chi connectivity index (χ3v) is 5.30. The lowest BCUT2D eigenvalue weighted by molar-refractivity contribution is -0.123. The zero-order valence-corrected chi connectivity index (χ0v) is 16.4. The second-order valence-electron chi connectivity index (χ2n) is 6.09. The van der Waals surface area contributed by atoms with Gasteiger partial charge < -0.3 is 4.74 Å². The lowest BCUT2D eigenvalue weighted by atomic mass is 10.1. The van der Waals surface area contributed by atoms with E-state index in [0.717, 1.165) is 33.5 Å². The van der Waals surface area contributed by atoms with E-state index in [0.29, 0.717) is 0 Å². The molecule has 1 fully saturated rings. The zero-order chi connectivity index (χ0) is 19.6. The van der Waals surface area contributed by atoms with Crippen LogP contribution in [0, 0.1) is 19.7 Å². The van der Waals surface area contributed by atoms with Crippen molar-refractivity contribution in [1.82, 2.24) is 4.90 Å². The first kappa shape index (κ1) is 19.5. The molecule has 3 rings (SSSR count). The van der Waals surface area contributed by atoms with E-state index in [-0.39, 0.29) is 28.6 Å². The van der Waals surface area contributed by atoms with Gasteiger partial charge in [0, 0.05) is 5.56 Å². The number of thioether (sulfide) groups is 1. The highest BCUT2D eigenvalue weighted by atomic mass is 35.5. The molecular formula is C20H17ClFNO3S. The van der Waals surface area contributed by atoms with Gasteiger partial charge in [0.1, 0.15) is 18.2 Å². The highest BCUT2D eigenvalue weighted by molar-refractivity contribution is 8.18. The van der Waals surface area contributed by atoms with Crippen LogP contribution in [0.1, 0.15) is 16.7 Å². The number of amides is 2. The zero-order valence-electron chi connectivity index (χ0n) is 14.8. The van der Waals surface area contributed by atoms with Crippen LogP contribution in [0.15, 0.2) is 41.3 Å². The van der Waals surface area contributed by atoms with Crippen LogP contribution >= 0.6 is 23.4 Å². The van der Waals surface area contributed by atoms with E-state index in [9.17, 15) is 14.0 Å². The number of ether oxygens (including phenoxy) is 1. The summed E-state index contributed by atoms with van der Waals surface area (Å²) in [5.41, 5.74) is 2.13. The van der Waals surface area contributed by atoms with E-state index in [1.54, 1.807) is 0 Å². The number of rotatable bonds is 5. The number of hydrogen-bond donors (Lipinski definition) is 0. The molecule has 2 aromatic rings.